The van der Waals surface area contributed by atoms with Crippen molar-refractivity contribution in [1.82, 2.24) is 19.1 Å². The maximum absolute atomic E-state index is 5.09. The van der Waals surface area contributed by atoms with Gasteiger partial charge in [-0.05, 0) is 72.8 Å². The molecule has 4 heterocycles. The highest BCUT2D eigenvalue weighted by atomic mass is 15.0. The van der Waals surface area contributed by atoms with Gasteiger partial charge < -0.3 is 9.13 Å². The zero-order valence-corrected chi connectivity index (χ0v) is 30.4. The van der Waals surface area contributed by atoms with E-state index in [-0.39, 0.29) is 0 Å². The van der Waals surface area contributed by atoms with Crippen LogP contribution in [0.25, 0.3) is 100 Å². The van der Waals surface area contributed by atoms with Crippen molar-refractivity contribution in [3.8, 4) is 56.4 Å². The minimum absolute atomic E-state index is 0.948. The van der Waals surface area contributed by atoms with Gasteiger partial charge in [-0.3, -0.25) is 0 Å². The van der Waals surface area contributed by atoms with Gasteiger partial charge in [-0.15, -0.1) is 0 Å². The molecule has 0 amide bonds. The molecule has 4 heteroatoms. The van der Waals surface area contributed by atoms with E-state index in [2.05, 4.69) is 203 Å². The molecule has 11 rings (SSSR count). The Morgan fingerprint density at radius 2 is 0.625 bits per heavy atom. The number of benzene rings is 7. The highest BCUT2D eigenvalue weighted by molar-refractivity contribution is 6.28. The summed E-state index contributed by atoms with van der Waals surface area (Å²) < 4.78 is 4.82. The van der Waals surface area contributed by atoms with Crippen LogP contribution in [0.5, 0.6) is 0 Å². The molecule has 0 saturated carbocycles. The number of hydrogen-bond donors (Lipinski definition) is 0. The molecule has 0 saturated heterocycles. The summed E-state index contributed by atoms with van der Waals surface area (Å²) in [6.07, 6.45) is 0. The molecule has 0 bridgehead atoms. The Kier molecular flexibility index (Phi) is 7.46. The van der Waals surface area contributed by atoms with E-state index >= 15 is 0 Å². The van der Waals surface area contributed by atoms with E-state index in [1.54, 1.807) is 0 Å². The van der Waals surface area contributed by atoms with E-state index in [0.717, 1.165) is 56.4 Å². The summed E-state index contributed by atoms with van der Waals surface area (Å²) in [5.41, 5.74) is 15.1. The highest BCUT2D eigenvalue weighted by Gasteiger charge is 2.21. The van der Waals surface area contributed by atoms with Crippen molar-refractivity contribution in [3.05, 3.63) is 206 Å². The van der Waals surface area contributed by atoms with Crippen LogP contribution in [0.2, 0.25) is 0 Å². The summed E-state index contributed by atoms with van der Waals surface area (Å²) in [4.78, 5) is 10.2. The van der Waals surface area contributed by atoms with Crippen LogP contribution in [0.4, 0.5) is 0 Å². The number of aromatic nitrogens is 4. The lowest BCUT2D eigenvalue weighted by Crippen LogP contribution is -1.96. The van der Waals surface area contributed by atoms with Crippen LogP contribution < -0.4 is 0 Å². The van der Waals surface area contributed by atoms with Gasteiger partial charge in [0.05, 0.1) is 44.8 Å². The molecule has 0 aliphatic rings. The molecular weight excluding hydrogens is 681 g/mol. The van der Waals surface area contributed by atoms with E-state index in [1.807, 2.05) is 12.1 Å². The first kappa shape index (κ1) is 31.9. The average Bonchev–Trinajstić information content (AvgIpc) is 3.80. The van der Waals surface area contributed by atoms with Gasteiger partial charge in [0.2, 0.25) is 0 Å². The van der Waals surface area contributed by atoms with Crippen LogP contribution in [0.15, 0.2) is 206 Å². The molecule has 4 aromatic heterocycles. The maximum atomic E-state index is 5.09. The van der Waals surface area contributed by atoms with E-state index < -0.39 is 0 Å². The quantitative estimate of drug-likeness (QED) is 0.172. The smallest absolute Gasteiger partial charge is 0.0710 e. The largest absolute Gasteiger partial charge is 0.309 e. The van der Waals surface area contributed by atoms with Crippen LogP contribution in [0.3, 0.4) is 0 Å². The summed E-state index contributed by atoms with van der Waals surface area (Å²) in [6.45, 7) is 0. The van der Waals surface area contributed by atoms with Crippen molar-refractivity contribution in [3.63, 3.8) is 0 Å². The third-order valence-corrected chi connectivity index (χ3v) is 10.9. The number of pyridine rings is 2. The first-order valence-corrected chi connectivity index (χ1v) is 19.0. The second-order valence-corrected chi connectivity index (χ2v) is 14.2. The molecule has 0 N–H and O–H groups in total. The van der Waals surface area contributed by atoms with Crippen LogP contribution in [-0.2, 0) is 0 Å². The molecule has 11 aromatic rings. The number of fused-ring (bicyclic) bond motifs is 7. The Hall–Kier alpha value is -7.56. The van der Waals surface area contributed by atoms with Gasteiger partial charge in [-0.1, -0.05) is 133 Å². The minimum atomic E-state index is 0.948. The van der Waals surface area contributed by atoms with Crippen LogP contribution in [-0.4, -0.2) is 19.1 Å². The zero-order chi connectivity index (χ0) is 37.0. The van der Waals surface area contributed by atoms with Crippen LogP contribution in [0, 0.1) is 0 Å². The summed E-state index contributed by atoms with van der Waals surface area (Å²) in [6, 6.07) is 73.0. The van der Waals surface area contributed by atoms with Crippen molar-refractivity contribution in [2.24, 2.45) is 0 Å². The second kappa shape index (κ2) is 13.1. The Morgan fingerprint density at radius 3 is 1.07 bits per heavy atom. The molecular formula is C52H34N4. The van der Waals surface area contributed by atoms with Crippen molar-refractivity contribution in [2.45, 2.75) is 0 Å². The lowest BCUT2D eigenvalue weighted by molar-refractivity contribution is 1.17. The summed E-state index contributed by atoms with van der Waals surface area (Å²) in [5, 5.41) is 4.94. The molecule has 0 atom stereocenters. The third kappa shape index (κ3) is 5.23. The van der Waals surface area contributed by atoms with Gasteiger partial charge in [-0.25, -0.2) is 9.97 Å². The summed E-state index contributed by atoms with van der Waals surface area (Å²) in [7, 11) is 0. The Balaban J connectivity index is 1.09. The molecule has 7 aromatic carbocycles. The standard InChI is InChI=1S/C52H34N4/c1-3-15-35(16-4-1)43-25-13-27-45(53-43)37-19-11-21-39(33-37)55-47-29-9-7-23-41(47)51-49(55)31-32-50-52(51)42-24-8-10-30-48(42)56(50)40-22-12-20-38(34-40)46-28-14-26-44(54-46)36-17-5-2-6-18-36/h1-34H. The Morgan fingerprint density at radius 1 is 0.268 bits per heavy atom. The molecule has 0 aliphatic carbocycles. The number of rotatable bonds is 6. The summed E-state index contributed by atoms with van der Waals surface area (Å²) >= 11 is 0. The van der Waals surface area contributed by atoms with E-state index in [9.17, 15) is 0 Å². The molecule has 0 aliphatic heterocycles. The highest BCUT2D eigenvalue weighted by Crippen LogP contribution is 2.43. The lowest BCUT2D eigenvalue weighted by atomic mass is 10.1. The Bertz CT molecular complexity index is 3030. The molecule has 0 spiro atoms. The first-order chi connectivity index (χ1) is 27.8. The molecule has 0 fully saturated rings. The third-order valence-electron chi connectivity index (χ3n) is 10.9. The van der Waals surface area contributed by atoms with E-state index in [4.69, 9.17) is 9.97 Å². The topological polar surface area (TPSA) is 35.6 Å². The van der Waals surface area contributed by atoms with Crippen molar-refractivity contribution in [1.29, 1.82) is 0 Å². The van der Waals surface area contributed by atoms with Crippen molar-refractivity contribution in [2.75, 3.05) is 0 Å². The molecule has 4 nitrogen and oxygen atoms in total. The zero-order valence-electron chi connectivity index (χ0n) is 30.4. The molecule has 262 valence electrons. The first-order valence-electron chi connectivity index (χ1n) is 19.0. The van der Waals surface area contributed by atoms with Gasteiger partial charge in [0.25, 0.3) is 0 Å². The minimum Gasteiger partial charge on any atom is -0.309 e. The fourth-order valence-electron chi connectivity index (χ4n) is 8.41. The predicted octanol–water partition coefficient (Wildman–Crippen LogP) is 13.3. The lowest BCUT2D eigenvalue weighted by Gasteiger charge is -2.12. The molecule has 0 radical (unpaired) electrons. The Labute approximate surface area is 324 Å². The summed E-state index contributed by atoms with van der Waals surface area (Å²) in [5.74, 6) is 0. The van der Waals surface area contributed by atoms with E-state index in [1.165, 1.54) is 43.6 Å². The maximum Gasteiger partial charge on any atom is 0.0710 e. The number of nitrogens with zero attached hydrogens (tertiary/aromatic N) is 4. The SMILES string of the molecule is c1ccc(-c2cccc(-c3cccc(-n4c5ccccc5c5c6c7ccccc7n(-c7cccc(-c8cccc(-c9ccccc9)n8)c7)c6ccc54)c3)n2)cc1. The molecule has 0 unspecified atom stereocenters. The van der Waals surface area contributed by atoms with Gasteiger partial charge in [0.1, 0.15) is 0 Å². The fourth-order valence-corrected chi connectivity index (χ4v) is 8.41. The van der Waals surface area contributed by atoms with Crippen molar-refractivity contribution >= 4 is 43.6 Å². The van der Waals surface area contributed by atoms with Gasteiger partial charge >= 0.3 is 0 Å². The normalized spacial score (nSPS) is 11.6. The van der Waals surface area contributed by atoms with E-state index in [0.29, 0.717) is 0 Å². The molecule has 56 heavy (non-hydrogen) atoms. The number of para-hydroxylation sites is 2. The van der Waals surface area contributed by atoms with Gasteiger partial charge in [0.15, 0.2) is 0 Å². The van der Waals surface area contributed by atoms with Crippen LogP contribution >= 0.6 is 0 Å². The van der Waals surface area contributed by atoms with Gasteiger partial charge in [0, 0.05) is 55.2 Å². The van der Waals surface area contributed by atoms with Crippen LogP contribution in [0.1, 0.15) is 0 Å². The average molecular weight is 715 g/mol. The van der Waals surface area contributed by atoms with Crippen molar-refractivity contribution < 1.29 is 0 Å². The number of hydrogen-bond acceptors (Lipinski definition) is 2. The fraction of sp³-hybridized carbons (Fsp3) is 0. The van der Waals surface area contributed by atoms with Gasteiger partial charge in [-0.2, -0.15) is 0 Å². The second-order valence-electron chi connectivity index (χ2n) is 14.2. The monoisotopic (exact) mass is 714 g/mol. The predicted molar refractivity (Wildman–Crippen MR) is 232 cm³/mol.